The van der Waals surface area contributed by atoms with Gasteiger partial charge >= 0.3 is 16.2 Å². The lowest BCUT2D eigenvalue weighted by atomic mass is 9.91. The summed E-state index contributed by atoms with van der Waals surface area (Å²) in [6.07, 6.45) is -0.700. The number of halogens is 5. The molecule has 1 atom stereocenters. The van der Waals surface area contributed by atoms with Gasteiger partial charge in [0.15, 0.2) is 0 Å². The molecule has 0 aliphatic heterocycles. The van der Waals surface area contributed by atoms with Gasteiger partial charge in [0.1, 0.15) is 22.2 Å². The number of amides is 2. The van der Waals surface area contributed by atoms with Crippen LogP contribution >= 0.6 is 68.4 Å². The first-order valence-electron chi connectivity index (χ1n) is 15.6. The number of nitriles is 1. The van der Waals surface area contributed by atoms with Gasteiger partial charge in [-0.15, -0.1) is 0 Å². The van der Waals surface area contributed by atoms with Gasteiger partial charge in [-0.2, -0.15) is 13.7 Å². The monoisotopic (exact) mass is 1030 g/mol. The molecule has 2 amide bonds. The van der Waals surface area contributed by atoms with Crippen LogP contribution in [0.2, 0.25) is 10.0 Å². The number of aromatic amines is 1. The van der Waals surface area contributed by atoms with E-state index in [0.717, 1.165) is 39.0 Å². The van der Waals surface area contributed by atoms with Crippen molar-refractivity contribution in [2.24, 2.45) is 0 Å². The van der Waals surface area contributed by atoms with Crippen LogP contribution in [0.25, 0.3) is 11.0 Å². The van der Waals surface area contributed by atoms with Crippen molar-refractivity contribution in [3.63, 3.8) is 0 Å². The molecule has 6 aromatic rings. The van der Waals surface area contributed by atoms with E-state index >= 15 is 0 Å². The van der Waals surface area contributed by atoms with Crippen molar-refractivity contribution in [2.45, 2.75) is 17.7 Å². The van der Waals surface area contributed by atoms with E-state index < -0.39 is 33.9 Å². The zero-order valence-electron chi connectivity index (χ0n) is 28.3. The Bertz CT molecular complexity index is 2570. The van der Waals surface area contributed by atoms with E-state index in [9.17, 15) is 32.8 Å². The number of aromatic nitrogens is 2. The van der Waals surface area contributed by atoms with Gasteiger partial charge in [0.2, 0.25) is 5.95 Å². The number of phenolic OH excluding ortho intramolecular Hbond substituents is 1. The van der Waals surface area contributed by atoms with Crippen LogP contribution in [0.1, 0.15) is 33.0 Å². The fourth-order valence-corrected chi connectivity index (χ4v) is 8.16. The minimum Gasteiger partial charge on any atom is -0.506 e. The number of phenols is 1. The third kappa shape index (κ3) is 10.3. The third-order valence-corrected chi connectivity index (χ3v) is 11.0. The second-order valence-electron chi connectivity index (χ2n) is 11.4. The predicted molar refractivity (Wildman–Crippen MR) is 223 cm³/mol. The van der Waals surface area contributed by atoms with Gasteiger partial charge in [-0.3, -0.25) is 10.1 Å². The summed E-state index contributed by atoms with van der Waals surface area (Å²) in [5.41, 5.74) is 3.78. The van der Waals surface area contributed by atoms with Gasteiger partial charge in [-0.1, -0.05) is 41.4 Å². The van der Waals surface area contributed by atoms with E-state index in [1.165, 1.54) is 25.3 Å². The van der Waals surface area contributed by atoms with Crippen molar-refractivity contribution in [1.29, 1.82) is 5.26 Å². The number of imidazole rings is 1. The Morgan fingerprint density at radius 3 is 2.33 bits per heavy atom. The van der Waals surface area contributed by atoms with Crippen molar-refractivity contribution >= 4 is 113 Å². The van der Waals surface area contributed by atoms with Crippen LogP contribution in [0.15, 0.2) is 95.9 Å². The number of benzene rings is 5. The number of carbonyl (C=O) groups excluding carboxylic acids is 2. The topological polar surface area (TPSA) is 183 Å². The molecule has 12 nitrogen and oxygen atoms in total. The molecule has 6 rings (SSSR count). The Morgan fingerprint density at radius 2 is 1.67 bits per heavy atom. The van der Waals surface area contributed by atoms with Gasteiger partial charge in [0, 0.05) is 25.4 Å². The minimum absolute atomic E-state index is 0.0325. The maximum absolute atomic E-state index is 12.9. The van der Waals surface area contributed by atoms with Crippen LogP contribution < -0.4 is 14.8 Å². The molecule has 1 unspecified atom stereocenters. The third-order valence-electron chi connectivity index (χ3n) is 7.68. The second-order valence-corrected chi connectivity index (χ2v) is 16.2. The highest BCUT2D eigenvalue weighted by molar-refractivity contribution is 14.1. The van der Waals surface area contributed by atoms with Crippen molar-refractivity contribution in [3.8, 4) is 17.6 Å². The Kier molecular flexibility index (Phi) is 13.5. The van der Waals surface area contributed by atoms with Crippen molar-refractivity contribution < 1.29 is 36.4 Å². The number of aromatic hydroxyl groups is 1. The van der Waals surface area contributed by atoms with E-state index in [-0.39, 0.29) is 27.9 Å². The van der Waals surface area contributed by atoms with Gasteiger partial charge in [0.05, 0.1) is 39.3 Å². The summed E-state index contributed by atoms with van der Waals surface area (Å²) < 4.78 is 48.2. The molecule has 0 bridgehead atoms. The summed E-state index contributed by atoms with van der Waals surface area (Å²) in [6, 6.07) is 24.7. The van der Waals surface area contributed by atoms with Crippen LogP contribution in [0, 0.1) is 31.2 Å². The Balaban J connectivity index is 0.000000214. The highest BCUT2D eigenvalue weighted by Gasteiger charge is 2.21. The maximum atomic E-state index is 12.9. The summed E-state index contributed by atoms with van der Waals surface area (Å²) in [4.78, 5) is 30.6. The molecule has 0 radical (unpaired) electrons. The molecule has 282 valence electrons. The number of ether oxygens (including phenoxy) is 1. The molecule has 0 aliphatic rings. The quantitative estimate of drug-likeness (QED) is 0.0852. The fraction of sp³-hybridized carbons (Fsp3) is 0.0811. The van der Waals surface area contributed by atoms with Crippen molar-refractivity contribution in [1.82, 2.24) is 9.97 Å². The van der Waals surface area contributed by atoms with Crippen LogP contribution in [0.3, 0.4) is 0 Å². The van der Waals surface area contributed by atoms with Gasteiger partial charge in [-0.05, 0) is 136 Å². The molecule has 5 aromatic carbocycles. The van der Waals surface area contributed by atoms with E-state index in [4.69, 9.17) is 27.4 Å². The van der Waals surface area contributed by atoms with E-state index in [1.54, 1.807) is 48.5 Å². The Morgan fingerprint density at radius 1 is 0.982 bits per heavy atom. The number of fused-ring (bicyclic) bond motifs is 1. The number of anilines is 2. The molecule has 1 aromatic heterocycles. The summed E-state index contributed by atoms with van der Waals surface area (Å²) in [7, 11) is -2.89. The first kappa shape index (κ1) is 41.5. The molecule has 18 heteroatoms. The largest absolute Gasteiger partial charge is 0.506 e. The molecule has 1 heterocycles. The first-order valence-corrected chi connectivity index (χ1v) is 19.9. The summed E-state index contributed by atoms with van der Waals surface area (Å²) in [6.45, 7) is 1.82. The molecule has 4 N–H and O–H groups in total. The van der Waals surface area contributed by atoms with Crippen LogP contribution in [0.5, 0.6) is 11.5 Å². The SMILES string of the molecule is COC(=O)Nc1nc2ccc(OS(=O)(=O)c3ccc(F)cc3)cc2[nH]1.Cc1cc(C(C#N)c2ccc(Cl)cc2)c(Cl)cc1NC(=O)c1cc(I)cc(I)c1O. The zero-order valence-corrected chi connectivity index (χ0v) is 35.0. The molecule has 0 saturated carbocycles. The van der Waals surface area contributed by atoms with E-state index in [2.05, 4.69) is 54.0 Å². The van der Waals surface area contributed by atoms with Gasteiger partial charge in [0.25, 0.3) is 5.91 Å². The fourth-order valence-electron chi connectivity index (χ4n) is 4.99. The number of hydrogen-bond donors (Lipinski definition) is 4. The van der Waals surface area contributed by atoms with Crippen molar-refractivity contribution in [3.05, 3.63) is 136 Å². The summed E-state index contributed by atoms with van der Waals surface area (Å²) >= 11 is 16.5. The van der Waals surface area contributed by atoms with Gasteiger partial charge < -0.3 is 24.3 Å². The van der Waals surface area contributed by atoms with Gasteiger partial charge in [-0.25, -0.2) is 14.2 Å². The predicted octanol–water partition coefficient (Wildman–Crippen LogP) is 9.77. The number of nitrogens with zero attached hydrogens (tertiary/aromatic N) is 2. The number of nitrogens with one attached hydrogen (secondary N) is 3. The number of methoxy groups -OCH3 is 1. The molecule has 0 spiro atoms. The Hall–Kier alpha value is -4.68. The highest BCUT2D eigenvalue weighted by Crippen LogP contribution is 2.35. The molecule has 0 aliphatic carbocycles. The van der Waals surface area contributed by atoms with E-state index in [0.29, 0.717) is 35.9 Å². The maximum Gasteiger partial charge on any atom is 0.413 e. The first-order chi connectivity index (χ1) is 26.1. The number of aryl methyl sites for hydroxylation is 1. The van der Waals surface area contributed by atoms with Crippen molar-refractivity contribution in [2.75, 3.05) is 17.7 Å². The van der Waals surface area contributed by atoms with Crippen LogP contribution in [-0.4, -0.2) is 42.6 Å². The second kappa shape index (κ2) is 17.8. The standard InChI is InChI=1S/C22H14Cl2I2N2O2.C15H12FN3O5S/c1-11-6-15(17(10-27)12-2-4-13(23)5-3-12)18(24)9-20(11)28-22(30)16-7-14(25)8-19(26)21(16)29;1-23-15(20)19-14-17-12-7-4-10(8-13(12)18-14)24-25(21,22)11-5-2-9(16)3-6-11/h2-9,17,29H,1H3,(H,28,30);2-8H,1H3,(H2,17,18,19,20). The molecule has 0 saturated heterocycles. The minimum atomic E-state index is -4.11. The van der Waals surface area contributed by atoms with E-state index in [1.807, 2.05) is 29.5 Å². The average Bonchev–Trinajstić information content (AvgIpc) is 3.54. The lowest BCUT2D eigenvalue weighted by molar-refractivity contribution is 0.102. The summed E-state index contributed by atoms with van der Waals surface area (Å²) in [5, 5.41) is 26.1. The lowest BCUT2D eigenvalue weighted by Crippen LogP contribution is -2.14. The number of hydrogen-bond acceptors (Lipinski definition) is 9. The molecule has 55 heavy (non-hydrogen) atoms. The zero-order chi connectivity index (χ0) is 40.0. The Labute approximate surface area is 351 Å². The lowest BCUT2D eigenvalue weighted by Gasteiger charge is -2.16. The van der Waals surface area contributed by atoms with Crippen LogP contribution in [-0.2, 0) is 14.9 Å². The molecular weight excluding hydrogens is 1000 g/mol. The average molecular weight is 1030 g/mol. The number of rotatable bonds is 8. The smallest absolute Gasteiger partial charge is 0.413 e. The molecular formula is C37H26Cl2FI2N5O7S. The normalized spacial score (nSPS) is 11.5. The summed E-state index contributed by atoms with van der Waals surface area (Å²) in [5.74, 6) is -1.46. The van der Waals surface area contributed by atoms with Crippen LogP contribution in [0.4, 0.5) is 20.8 Å². The highest BCUT2D eigenvalue weighted by atomic mass is 127. The molecule has 0 fully saturated rings. The number of carbonyl (C=O) groups is 2. The number of H-pyrrole nitrogens is 1.